The number of hydrogen-bond donors (Lipinski definition) is 0. The summed E-state index contributed by atoms with van der Waals surface area (Å²) >= 11 is 0. The Morgan fingerprint density at radius 1 is 1.32 bits per heavy atom. The van der Waals surface area contributed by atoms with Crippen LogP contribution < -0.4 is 0 Å². The van der Waals surface area contributed by atoms with E-state index in [0.717, 1.165) is 6.42 Å². The summed E-state index contributed by atoms with van der Waals surface area (Å²) in [5.74, 6) is -0.195. The van der Waals surface area contributed by atoms with E-state index in [1.54, 1.807) is 0 Å². The van der Waals surface area contributed by atoms with Crippen LogP contribution in [-0.2, 0) is 23.5 Å². The van der Waals surface area contributed by atoms with Crippen molar-refractivity contribution in [3.63, 3.8) is 0 Å². The van der Waals surface area contributed by atoms with Crippen LogP contribution in [0.3, 0.4) is 0 Å². The fourth-order valence-electron chi connectivity index (χ4n) is 6.05. The number of hydrogen-bond acceptors (Lipinski definition) is 5. The molecule has 6 heteroatoms. The van der Waals surface area contributed by atoms with Gasteiger partial charge in [0.1, 0.15) is 0 Å². The Morgan fingerprint density at radius 2 is 1.97 bits per heavy atom. The lowest BCUT2D eigenvalue weighted by Crippen LogP contribution is -2.58. The predicted octanol–water partition coefficient (Wildman–Crippen LogP) is 5.32. The van der Waals surface area contributed by atoms with Crippen LogP contribution in [0.5, 0.6) is 0 Å². The van der Waals surface area contributed by atoms with E-state index in [9.17, 15) is 9.59 Å². The van der Waals surface area contributed by atoms with Crippen molar-refractivity contribution in [2.24, 2.45) is 23.2 Å². The van der Waals surface area contributed by atoms with Crippen LogP contribution in [0, 0.1) is 23.2 Å². The number of ether oxygens (including phenoxy) is 2. The summed E-state index contributed by atoms with van der Waals surface area (Å²) in [4.78, 5) is 27.0. The van der Waals surface area contributed by atoms with Crippen molar-refractivity contribution in [2.45, 2.75) is 90.3 Å². The van der Waals surface area contributed by atoms with Gasteiger partial charge in [-0.15, -0.1) is 13.2 Å². The standard InChI is InChI=1S/C25H42O5Si/c1-10-12-19-22-18(17(3)4)13-14-20(26)25(22,23(27)28-6)21(29-19)16-24(5,15-11-2)30-31(7,8)9/h10-11,17-19,21-22H,1-2,12-16H2,3-9H3/t18-,19+,21-,22+,24+,25+/m1/s1. The number of rotatable bonds is 10. The topological polar surface area (TPSA) is 61.8 Å². The molecule has 31 heavy (non-hydrogen) atoms. The summed E-state index contributed by atoms with van der Waals surface area (Å²) in [5.41, 5.74) is -1.86. The van der Waals surface area contributed by atoms with Crippen LogP contribution in [0.4, 0.5) is 0 Å². The zero-order valence-electron chi connectivity index (χ0n) is 20.5. The zero-order valence-corrected chi connectivity index (χ0v) is 21.5. The van der Waals surface area contributed by atoms with E-state index in [1.165, 1.54) is 7.11 Å². The number of carbonyl (C=O) groups excluding carboxylic acids is 2. The van der Waals surface area contributed by atoms with Gasteiger partial charge in [-0.2, -0.15) is 0 Å². The molecule has 0 amide bonds. The van der Waals surface area contributed by atoms with Crippen molar-refractivity contribution in [3.05, 3.63) is 25.3 Å². The summed E-state index contributed by atoms with van der Waals surface area (Å²) in [6, 6.07) is 0. The molecule has 0 bridgehead atoms. The fourth-order valence-corrected chi connectivity index (χ4v) is 7.70. The minimum atomic E-state index is -1.91. The van der Waals surface area contributed by atoms with Gasteiger partial charge in [0.15, 0.2) is 19.5 Å². The average Bonchev–Trinajstić information content (AvgIpc) is 2.95. The van der Waals surface area contributed by atoms with E-state index in [2.05, 4.69) is 46.6 Å². The third-order valence-electron chi connectivity index (χ3n) is 6.92. The van der Waals surface area contributed by atoms with Gasteiger partial charge in [-0.1, -0.05) is 26.0 Å². The van der Waals surface area contributed by atoms with Gasteiger partial charge in [-0.25, -0.2) is 0 Å². The highest BCUT2D eigenvalue weighted by Crippen LogP contribution is 2.58. The van der Waals surface area contributed by atoms with Crippen molar-refractivity contribution in [3.8, 4) is 0 Å². The van der Waals surface area contributed by atoms with Crippen molar-refractivity contribution >= 4 is 20.1 Å². The van der Waals surface area contributed by atoms with Crippen LogP contribution in [0.15, 0.2) is 25.3 Å². The van der Waals surface area contributed by atoms with Crippen LogP contribution in [-0.4, -0.2) is 45.0 Å². The molecule has 1 saturated carbocycles. The fraction of sp³-hybridized carbons (Fsp3) is 0.760. The summed E-state index contributed by atoms with van der Waals surface area (Å²) in [5, 5.41) is 0. The van der Waals surface area contributed by atoms with E-state index < -0.39 is 31.4 Å². The second-order valence-corrected chi connectivity index (χ2v) is 15.2. The van der Waals surface area contributed by atoms with E-state index in [0.29, 0.717) is 31.6 Å². The first-order chi connectivity index (χ1) is 14.4. The molecule has 1 heterocycles. The first kappa shape index (κ1) is 26.0. The molecule has 0 N–H and O–H groups in total. The van der Waals surface area contributed by atoms with E-state index >= 15 is 0 Å². The van der Waals surface area contributed by atoms with Gasteiger partial charge >= 0.3 is 5.97 Å². The largest absolute Gasteiger partial charge is 0.468 e. The summed E-state index contributed by atoms with van der Waals surface area (Å²) in [6.07, 6.45) is 5.66. The number of esters is 1. The number of fused-ring (bicyclic) bond motifs is 1. The smallest absolute Gasteiger partial charge is 0.322 e. The quantitative estimate of drug-likeness (QED) is 0.195. The van der Waals surface area contributed by atoms with Crippen molar-refractivity contribution < 1.29 is 23.5 Å². The highest BCUT2D eigenvalue weighted by molar-refractivity contribution is 6.69. The Labute approximate surface area is 189 Å². The highest BCUT2D eigenvalue weighted by atomic mass is 28.4. The molecular weight excluding hydrogens is 408 g/mol. The van der Waals surface area contributed by atoms with Gasteiger partial charge < -0.3 is 13.9 Å². The molecule has 6 atom stereocenters. The van der Waals surface area contributed by atoms with Gasteiger partial charge in [-0.05, 0) is 57.7 Å². The third-order valence-corrected chi connectivity index (χ3v) is 8.03. The second-order valence-electron chi connectivity index (χ2n) is 10.8. The van der Waals surface area contributed by atoms with Crippen LogP contribution in [0.2, 0.25) is 19.6 Å². The Kier molecular flexibility index (Phi) is 8.15. The first-order valence-electron chi connectivity index (χ1n) is 11.6. The minimum absolute atomic E-state index is 0.0493. The van der Waals surface area contributed by atoms with Crippen LogP contribution >= 0.6 is 0 Å². The normalized spacial score (nSPS) is 33.0. The number of Topliss-reactive ketones (excluding diaryl/α,β-unsaturated/α-hetero) is 1. The zero-order chi connectivity index (χ0) is 23.6. The molecule has 0 aromatic carbocycles. The maximum absolute atomic E-state index is 13.6. The van der Waals surface area contributed by atoms with Crippen molar-refractivity contribution in [2.75, 3.05) is 7.11 Å². The number of methoxy groups -OCH3 is 1. The van der Waals surface area contributed by atoms with Gasteiger partial charge in [0, 0.05) is 18.8 Å². The molecule has 176 valence electrons. The predicted molar refractivity (Wildman–Crippen MR) is 126 cm³/mol. The maximum Gasteiger partial charge on any atom is 0.322 e. The highest BCUT2D eigenvalue weighted by Gasteiger charge is 2.69. The van der Waals surface area contributed by atoms with E-state index in [4.69, 9.17) is 13.9 Å². The molecule has 0 spiro atoms. The third kappa shape index (κ3) is 5.06. The molecule has 1 saturated heterocycles. The van der Waals surface area contributed by atoms with Gasteiger partial charge in [0.2, 0.25) is 0 Å². The lowest BCUT2D eigenvalue weighted by molar-refractivity contribution is -0.170. The van der Waals surface area contributed by atoms with Gasteiger partial charge in [-0.3, -0.25) is 9.59 Å². The number of ketones is 1. The molecule has 2 fully saturated rings. The lowest BCUT2D eigenvalue weighted by atomic mass is 9.55. The van der Waals surface area contributed by atoms with Crippen LogP contribution in [0.25, 0.3) is 0 Å². The maximum atomic E-state index is 13.6. The number of carbonyl (C=O) groups is 2. The SMILES string of the molecule is C=CC[C@@H]1O[C@H](C[C@](C)(CC=C)O[Si](C)(C)C)[C@@]2(C(=O)OC)C(=O)CC[C@H](C(C)C)[C@@H]12. The molecule has 0 aromatic rings. The lowest BCUT2D eigenvalue weighted by Gasteiger charge is -2.46. The monoisotopic (exact) mass is 450 g/mol. The average molecular weight is 451 g/mol. The summed E-state index contributed by atoms with van der Waals surface area (Å²) < 4.78 is 18.5. The first-order valence-corrected chi connectivity index (χ1v) is 15.0. The molecule has 2 rings (SSSR count). The Morgan fingerprint density at radius 3 is 2.45 bits per heavy atom. The molecule has 0 unspecified atom stereocenters. The summed E-state index contributed by atoms with van der Waals surface area (Å²) in [6.45, 7) is 20.6. The van der Waals surface area contributed by atoms with Crippen molar-refractivity contribution in [1.29, 1.82) is 0 Å². The minimum Gasteiger partial charge on any atom is -0.468 e. The van der Waals surface area contributed by atoms with Gasteiger partial charge in [0.05, 0.1) is 24.9 Å². The Bertz CT molecular complexity index is 687. The molecule has 0 aromatic heterocycles. The van der Waals surface area contributed by atoms with Gasteiger partial charge in [0.25, 0.3) is 0 Å². The Hall–Kier alpha value is -1.24. The molecule has 2 aliphatic rings. The van der Waals surface area contributed by atoms with Crippen molar-refractivity contribution in [1.82, 2.24) is 0 Å². The van der Waals surface area contributed by atoms with Crippen LogP contribution in [0.1, 0.15) is 52.9 Å². The van der Waals surface area contributed by atoms with E-state index in [-0.39, 0.29) is 23.7 Å². The molecule has 5 nitrogen and oxygen atoms in total. The molecular formula is C25H42O5Si. The molecule has 1 aliphatic heterocycles. The van der Waals surface area contributed by atoms with E-state index in [1.807, 2.05) is 19.1 Å². The summed E-state index contributed by atoms with van der Waals surface area (Å²) in [7, 11) is -0.532. The second kappa shape index (κ2) is 9.71. The molecule has 1 aliphatic carbocycles. The molecule has 0 radical (unpaired) electrons. The Balaban J connectivity index is 2.61.